The average Bonchev–Trinajstić information content (AvgIpc) is 2.91. The van der Waals surface area contributed by atoms with Crippen molar-refractivity contribution in [1.29, 1.82) is 0 Å². The summed E-state index contributed by atoms with van der Waals surface area (Å²) in [5, 5.41) is 7.24. The van der Waals surface area contributed by atoms with E-state index in [-0.39, 0.29) is 0 Å². The highest BCUT2D eigenvalue weighted by atomic mass is 15.1. The van der Waals surface area contributed by atoms with Crippen LogP contribution in [0, 0.1) is 6.92 Å². The fourth-order valence-electron chi connectivity index (χ4n) is 4.72. The van der Waals surface area contributed by atoms with Crippen LogP contribution in [-0.2, 0) is 13.0 Å². The van der Waals surface area contributed by atoms with E-state index < -0.39 is 0 Å². The van der Waals surface area contributed by atoms with Gasteiger partial charge in [-0.25, -0.2) is 4.99 Å². The lowest BCUT2D eigenvalue weighted by Gasteiger charge is -2.16. The third-order valence-corrected chi connectivity index (χ3v) is 6.97. The third-order valence-electron chi connectivity index (χ3n) is 6.97. The zero-order valence-electron chi connectivity index (χ0n) is 23.4. The van der Waals surface area contributed by atoms with Crippen LogP contribution < -0.4 is 10.6 Å². The summed E-state index contributed by atoms with van der Waals surface area (Å²) in [6.45, 7) is 7.32. The lowest BCUT2D eigenvalue weighted by molar-refractivity contribution is 0.592. The Morgan fingerprint density at radius 2 is 1.54 bits per heavy atom. The molecule has 0 saturated heterocycles. The maximum atomic E-state index is 5.16. The molecule has 4 nitrogen and oxygen atoms in total. The average molecular weight is 499 g/mol. The molecule has 0 amide bonds. The van der Waals surface area contributed by atoms with Gasteiger partial charge in [0, 0.05) is 19.2 Å². The first-order chi connectivity index (χ1) is 18.1. The largest absolute Gasteiger partial charge is 0.366 e. The Labute approximate surface area is 225 Å². The summed E-state index contributed by atoms with van der Waals surface area (Å²) in [5.41, 5.74) is 6.43. The molecule has 37 heavy (non-hydrogen) atoms. The van der Waals surface area contributed by atoms with Crippen molar-refractivity contribution < 1.29 is 0 Å². The molecule has 0 aromatic heterocycles. The molecule has 2 N–H and O–H groups in total. The van der Waals surface area contributed by atoms with E-state index in [2.05, 4.69) is 97.1 Å². The minimum absolute atomic E-state index is 0.768. The molecular weight excluding hydrogens is 452 g/mol. The molecular formula is C33H46N4. The van der Waals surface area contributed by atoms with Crippen LogP contribution >= 0.6 is 0 Å². The van der Waals surface area contributed by atoms with Crippen LogP contribution in [0.1, 0.15) is 93.9 Å². The number of amidine groups is 2. The van der Waals surface area contributed by atoms with Gasteiger partial charge in [-0.2, -0.15) is 0 Å². The maximum absolute atomic E-state index is 5.16. The van der Waals surface area contributed by atoms with Gasteiger partial charge in [-0.15, -0.1) is 0 Å². The number of nitrogens with one attached hydrogen (secondary N) is 2. The molecule has 1 aliphatic heterocycles. The van der Waals surface area contributed by atoms with Gasteiger partial charge in [0.05, 0.1) is 0 Å². The molecule has 0 radical (unpaired) electrons. The van der Waals surface area contributed by atoms with E-state index in [1.807, 2.05) is 7.05 Å². The normalized spacial score (nSPS) is 21.7. The standard InChI is InChI=1S/C33H46N4/c1-5-6-23-31-35-25-29-21-15-14-20-28(29)19-12-10-8-7-9-11-17-26(2)24-32(34-4)37-33(36-31)30-22-16-13-18-27(30)3/h13-16,18,20-24,35H,5-12,17,19,25H2,1-4H3,(H,34,36,37)/b26-24+,31-23+. The van der Waals surface area contributed by atoms with E-state index >= 15 is 0 Å². The number of allylic oxidation sites excluding steroid dienone is 2. The molecule has 0 saturated carbocycles. The summed E-state index contributed by atoms with van der Waals surface area (Å²) in [6, 6.07) is 17.3. The lowest BCUT2D eigenvalue weighted by atomic mass is 10.00. The van der Waals surface area contributed by atoms with Gasteiger partial charge >= 0.3 is 0 Å². The fraction of sp³-hybridized carbons (Fsp3) is 0.455. The molecule has 1 heterocycles. The second-order valence-corrected chi connectivity index (χ2v) is 10.1. The molecule has 1 aliphatic rings. The first-order valence-corrected chi connectivity index (χ1v) is 14.2. The summed E-state index contributed by atoms with van der Waals surface area (Å²) in [4.78, 5) is 9.74. The molecule has 0 unspecified atom stereocenters. The molecule has 0 bridgehead atoms. The van der Waals surface area contributed by atoms with E-state index in [0.717, 1.165) is 55.3 Å². The Bertz CT molecular complexity index is 1110. The van der Waals surface area contributed by atoms with Crippen LogP contribution in [0.3, 0.4) is 0 Å². The lowest BCUT2D eigenvalue weighted by Crippen LogP contribution is -2.32. The van der Waals surface area contributed by atoms with Crippen LogP contribution in [-0.4, -0.2) is 18.7 Å². The number of hydrogen-bond acceptors (Lipinski definition) is 3. The number of benzene rings is 2. The Hall–Kier alpha value is -3.14. The van der Waals surface area contributed by atoms with E-state index in [9.17, 15) is 0 Å². The predicted octanol–water partition coefficient (Wildman–Crippen LogP) is 8.02. The SMILES string of the molecule is CCC/C=C1/N=C(\c2ccccc2C)NC(=NC)/C=C(\C)CCCCCCCCc2ccccc2CN1. The second kappa shape index (κ2) is 15.9. The molecule has 2 aromatic rings. The van der Waals surface area contributed by atoms with Gasteiger partial charge in [-0.1, -0.05) is 93.1 Å². The smallest absolute Gasteiger partial charge is 0.141 e. The van der Waals surface area contributed by atoms with Crippen molar-refractivity contribution in [1.82, 2.24) is 10.6 Å². The maximum Gasteiger partial charge on any atom is 0.141 e. The van der Waals surface area contributed by atoms with Crippen LogP contribution in [0.5, 0.6) is 0 Å². The predicted molar refractivity (Wildman–Crippen MR) is 160 cm³/mol. The van der Waals surface area contributed by atoms with Gasteiger partial charge in [0.25, 0.3) is 0 Å². The number of hydrogen-bond donors (Lipinski definition) is 2. The minimum Gasteiger partial charge on any atom is -0.366 e. The monoisotopic (exact) mass is 498 g/mol. The summed E-state index contributed by atoms with van der Waals surface area (Å²) in [7, 11) is 1.85. The van der Waals surface area contributed by atoms with Crippen LogP contribution in [0.4, 0.5) is 0 Å². The topological polar surface area (TPSA) is 48.8 Å². The Morgan fingerprint density at radius 3 is 2.27 bits per heavy atom. The molecule has 0 aliphatic carbocycles. The Balaban J connectivity index is 2.00. The van der Waals surface area contributed by atoms with Crippen LogP contribution in [0.25, 0.3) is 0 Å². The van der Waals surface area contributed by atoms with Gasteiger partial charge in [0.1, 0.15) is 17.5 Å². The van der Waals surface area contributed by atoms with Gasteiger partial charge in [-0.05, 0) is 74.8 Å². The van der Waals surface area contributed by atoms with Crippen LogP contribution in [0.2, 0.25) is 0 Å². The number of unbranched alkanes of at least 4 members (excludes halogenated alkanes) is 1. The van der Waals surface area contributed by atoms with Crippen molar-refractivity contribution >= 4 is 11.7 Å². The first-order valence-electron chi connectivity index (χ1n) is 14.2. The Morgan fingerprint density at radius 1 is 0.865 bits per heavy atom. The number of aliphatic imine (C=N–C) groups is 2. The van der Waals surface area contributed by atoms with E-state index in [1.54, 1.807) is 0 Å². The zero-order valence-corrected chi connectivity index (χ0v) is 23.4. The number of fused-ring (bicyclic) bond motifs is 1. The second-order valence-electron chi connectivity index (χ2n) is 10.1. The summed E-state index contributed by atoms with van der Waals surface area (Å²) in [6.07, 6.45) is 16.4. The quantitative estimate of drug-likeness (QED) is 0.450. The first kappa shape index (κ1) is 28.4. The minimum atomic E-state index is 0.768. The third kappa shape index (κ3) is 9.68. The molecule has 4 heteroatoms. The van der Waals surface area contributed by atoms with Gasteiger partial charge in [-0.3, -0.25) is 4.99 Å². The highest BCUT2D eigenvalue weighted by Crippen LogP contribution is 2.17. The van der Waals surface area contributed by atoms with Crippen LogP contribution in [0.15, 0.2) is 82.1 Å². The summed E-state index contributed by atoms with van der Waals surface area (Å²) >= 11 is 0. The van der Waals surface area contributed by atoms with Crippen molar-refractivity contribution in [3.05, 3.63) is 94.3 Å². The van der Waals surface area contributed by atoms with E-state index in [0.29, 0.717) is 0 Å². The van der Waals surface area contributed by atoms with E-state index in [4.69, 9.17) is 4.99 Å². The zero-order chi connectivity index (χ0) is 26.3. The van der Waals surface area contributed by atoms with Crippen molar-refractivity contribution in [2.45, 2.75) is 91.5 Å². The van der Waals surface area contributed by atoms with Gasteiger partial charge in [0.15, 0.2) is 0 Å². The summed E-state index contributed by atoms with van der Waals surface area (Å²) < 4.78 is 0. The van der Waals surface area contributed by atoms with E-state index in [1.165, 1.54) is 60.8 Å². The number of aryl methyl sites for hydroxylation is 2. The Kier molecular flexibility index (Phi) is 12.2. The number of rotatable bonds is 3. The highest BCUT2D eigenvalue weighted by molar-refractivity contribution is 6.13. The molecule has 3 rings (SSSR count). The van der Waals surface area contributed by atoms with Crippen molar-refractivity contribution in [2.75, 3.05) is 7.05 Å². The van der Waals surface area contributed by atoms with Crippen molar-refractivity contribution in [3.8, 4) is 0 Å². The van der Waals surface area contributed by atoms with Crippen molar-refractivity contribution in [2.24, 2.45) is 9.98 Å². The molecule has 0 spiro atoms. The fourth-order valence-corrected chi connectivity index (χ4v) is 4.72. The molecule has 0 fully saturated rings. The molecule has 2 aromatic carbocycles. The molecule has 0 atom stereocenters. The highest BCUT2D eigenvalue weighted by Gasteiger charge is 2.11. The van der Waals surface area contributed by atoms with Gasteiger partial charge < -0.3 is 10.6 Å². The molecule has 198 valence electrons. The van der Waals surface area contributed by atoms with Crippen molar-refractivity contribution in [3.63, 3.8) is 0 Å². The summed E-state index contributed by atoms with van der Waals surface area (Å²) in [5.74, 6) is 2.57. The number of nitrogens with zero attached hydrogens (tertiary/aromatic N) is 2. The van der Waals surface area contributed by atoms with Gasteiger partial charge in [0.2, 0.25) is 0 Å².